The van der Waals surface area contributed by atoms with E-state index in [1.807, 2.05) is 37.3 Å². The maximum absolute atomic E-state index is 13.2. The topological polar surface area (TPSA) is 191 Å². The minimum absolute atomic E-state index is 0.0542. The quantitative estimate of drug-likeness (QED) is 0.202. The highest BCUT2D eigenvalue weighted by Crippen LogP contribution is 2.37. The fourth-order valence-corrected chi connectivity index (χ4v) is 5.82. The van der Waals surface area contributed by atoms with E-state index in [4.69, 9.17) is 5.73 Å². The first-order valence-corrected chi connectivity index (χ1v) is 13.9. The van der Waals surface area contributed by atoms with Crippen molar-refractivity contribution in [1.82, 2.24) is 40.3 Å². The Morgan fingerprint density at radius 1 is 0.977 bits per heavy atom. The number of nitrogens with two attached hydrogens (primary N) is 1. The smallest absolute Gasteiger partial charge is 0.270 e. The van der Waals surface area contributed by atoms with Gasteiger partial charge >= 0.3 is 0 Å². The largest absolute Gasteiger partial charge is 0.394 e. The van der Waals surface area contributed by atoms with Crippen LogP contribution in [0.5, 0.6) is 0 Å². The molecule has 3 heterocycles. The maximum atomic E-state index is 13.2. The van der Waals surface area contributed by atoms with Crippen LogP contribution in [0.25, 0.3) is 27.8 Å². The molecule has 13 nitrogen and oxygen atoms in total. The molecule has 0 fully saturated rings. The van der Waals surface area contributed by atoms with Crippen LogP contribution in [0.3, 0.4) is 0 Å². The lowest BCUT2D eigenvalue weighted by Gasteiger charge is -2.15. The van der Waals surface area contributed by atoms with Gasteiger partial charge in [0.15, 0.2) is 5.82 Å². The van der Waals surface area contributed by atoms with Crippen LogP contribution in [0.15, 0.2) is 71.0 Å². The number of anilines is 1. The first-order chi connectivity index (χ1) is 21.3. The van der Waals surface area contributed by atoms with E-state index < -0.39 is 22.7 Å². The highest BCUT2D eigenvalue weighted by atomic mass is 16.2. The standard InChI is InChI=1S/C31H25N9O4/c1-15-19-6-7-22(21(19)5-4-20(15)29-36-14-37-39-29)38-31(44)24-9-23(34-13-35-24)30(43)33-10-16-2-3-17-11-40(12-18(17)8-16)26-25(32)27(41)28(26)42/h2-5,8-9,11-14,22H,6-7,10,32H2,1H3,(H,33,43)(H,38,44)(H,36,37,39)/t22-/m0/s1. The number of amides is 2. The Bertz CT molecular complexity index is 2180. The Hall–Kier alpha value is -5.98. The maximum Gasteiger partial charge on any atom is 0.270 e. The molecule has 1 atom stereocenters. The molecule has 1 aliphatic carbocycles. The molecule has 0 bridgehead atoms. The van der Waals surface area contributed by atoms with Crippen molar-refractivity contribution in [3.05, 3.63) is 116 Å². The van der Waals surface area contributed by atoms with Crippen LogP contribution in [0.4, 0.5) is 5.69 Å². The van der Waals surface area contributed by atoms with Crippen LogP contribution in [0, 0.1) is 6.92 Å². The van der Waals surface area contributed by atoms with Crippen molar-refractivity contribution in [1.29, 1.82) is 0 Å². The van der Waals surface area contributed by atoms with E-state index in [-0.39, 0.29) is 35.3 Å². The minimum atomic E-state index is -0.677. The van der Waals surface area contributed by atoms with Crippen LogP contribution >= 0.6 is 0 Å². The summed E-state index contributed by atoms with van der Waals surface area (Å²) in [6.45, 7) is 2.24. The molecule has 44 heavy (non-hydrogen) atoms. The van der Waals surface area contributed by atoms with Gasteiger partial charge in [-0.1, -0.05) is 24.3 Å². The SMILES string of the molecule is Cc1c(-c2ncn[nH]2)ccc2c1CC[C@@H]2NC(=O)c1cc(C(=O)NCc2ccc3cn(-c4c(N)c(=O)c4=O)cc3c2)ncn1. The summed E-state index contributed by atoms with van der Waals surface area (Å²) < 4.78 is 1.54. The number of carbonyl (C=O) groups is 2. The summed E-state index contributed by atoms with van der Waals surface area (Å²) in [4.78, 5) is 61.9. The predicted molar refractivity (Wildman–Crippen MR) is 161 cm³/mol. The second-order valence-electron chi connectivity index (χ2n) is 10.7. The van der Waals surface area contributed by atoms with Crippen LogP contribution in [0.2, 0.25) is 0 Å². The van der Waals surface area contributed by atoms with Crippen molar-refractivity contribution >= 4 is 28.3 Å². The molecular weight excluding hydrogens is 562 g/mol. The summed E-state index contributed by atoms with van der Waals surface area (Å²) in [5.74, 6) is -0.154. The molecule has 0 spiro atoms. The monoisotopic (exact) mass is 587 g/mol. The summed E-state index contributed by atoms with van der Waals surface area (Å²) in [5, 5.41) is 14.4. The summed E-state index contributed by atoms with van der Waals surface area (Å²) in [7, 11) is 0. The van der Waals surface area contributed by atoms with Crippen molar-refractivity contribution in [3.8, 4) is 17.1 Å². The molecule has 0 unspecified atom stereocenters. The van der Waals surface area contributed by atoms with Gasteiger partial charge in [0.25, 0.3) is 22.7 Å². The van der Waals surface area contributed by atoms with E-state index in [1.165, 1.54) is 24.3 Å². The average Bonchev–Trinajstić information content (AvgIpc) is 3.81. The fourth-order valence-electron chi connectivity index (χ4n) is 5.82. The lowest BCUT2D eigenvalue weighted by Crippen LogP contribution is -2.38. The molecule has 5 N–H and O–H groups in total. The van der Waals surface area contributed by atoms with Gasteiger partial charge in [-0.25, -0.2) is 15.0 Å². The first-order valence-electron chi connectivity index (χ1n) is 13.9. The van der Waals surface area contributed by atoms with E-state index in [2.05, 4.69) is 35.8 Å². The zero-order valence-electron chi connectivity index (χ0n) is 23.4. The molecule has 3 aromatic carbocycles. The number of hydrogen-bond acceptors (Lipinski definition) is 9. The van der Waals surface area contributed by atoms with Gasteiger partial charge in [0.2, 0.25) is 0 Å². The zero-order valence-corrected chi connectivity index (χ0v) is 23.4. The molecule has 0 aliphatic heterocycles. The number of nitrogen functional groups attached to an aromatic ring is 1. The van der Waals surface area contributed by atoms with Crippen molar-refractivity contribution < 1.29 is 9.59 Å². The van der Waals surface area contributed by atoms with E-state index in [1.54, 1.807) is 17.0 Å². The van der Waals surface area contributed by atoms with Gasteiger partial charge in [0.05, 0.1) is 6.04 Å². The van der Waals surface area contributed by atoms with Crippen LogP contribution in [0.1, 0.15) is 55.7 Å². The number of aromatic amines is 1. The van der Waals surface area contributed by atoms with Gasteiger partial charge < -0.3 is 20.9 Å². The lowest BCUT2D eigenvalue weighted by molar-refractivity contribution is 0.0931. The van der Waals surface area contributed by atoms with Crippen LogP contribution < -0.4 is 27.2 Å². The zero-order chi connectivity index (χ0) is 30.5. The van der Waals surface area contributed by atoms with E-state index in [0.717, 1.165) is 45.9 Å². The number of rotatable bonds is 7. The number of aromatic nitrogens is 6. The molecular formula is C31H25N9O4. The molecule has 1 aliphatic rings. The molecule has 3 aromatic heterocycles. The van der Waals surface area contributed by atoms with Crippen LogP contribution in [-0.2, 0) is 13.0 Å². The number of H-pyrrole nitrogens is 1. The Morgan fingerprint density at radius 2 is 1.77 bits per heavy atom. The second kappa shape index (κ2) is 10.4. The Balaban J connectivity index is 1.01. The highest BCUT2D eigenvalue weighted by Gasteiger charge is 2.28. The van der Waals surface area contributed by atoms with Crippen LogP contribution in [-0.4, -0.2) is 41.5 Å². The highest BCUT2D eigenvalue weighted by molar-refractivity contribution is 5.97. The van der Waals surface area contributed by atoms with E-state index in [0.29, 0.717) is 5.82 Å². The normalized spacial score (nSPS) is 14.2. The number of nitrogens with one attached hydrogen (secondary N) is 3. The van der Waals surface area contributed by atoms with E-state index >= 15 is 0 Å². The predicted octanol–water partition coefficient (Wildman–Crippen LogP) is 2.04. The van der Waals surface area contributed by atoms with Crippen molar-refractivity contribution in [3.63, 3.8) is 0 Å². The fraction of sp³-hybridized carbons (Fsp3) is 0.161. The third kappa shape index (κ3) is 4.51. The summed E-state index contributed by atoms with van der Waals surface area (Å²) in [6, 6.07) is 10.7. The minimum Gasteiger partial charge on any atom is -0.394 e. The lowest BCUT2D eigenvalue weighted by atomic mass is 9.97. The molecule has 0 radical (unpaired) electrons. The first kappa shape index (κ1) is 26.9. The van der Waals surface area contributed by atoms with Gasteiger partial charge in [-0.05, 0) is 53.5 Å². The molecule has 6 aromatic rings. The summed E-state index contributed by atoms with van der Waals surface area (Å²) >= 11 is 0. The van der Waals surface area contributed by atoms with Gasteiger partial charge in [0.1, 0.15) is 35.4 Å². The van der Waals surface area contributed by atoms with Gasteiger partial charge in [-0.15, -0.1) is 0 Å². The Kier molecular flexibility index (Phi) is 6.34. The van der Waals surface area contributed by atoms with E-state index in [9.17, 15) is 19.2 Å². The van der Waals surface area contributed by atoms with Crippen molar-refractivity contribution in [2.75, 3.05) is 5.73 Å². The van der Waals surface area contributed by atoms with Crippen molar-refractivity contribution in [2.24, 2.45) is 0 Å². The number of benzene rings is 2. The Labute approximate surface area is 248 Å². The molecule has 0 saturated heterocycles. The third-order valence-corrected chi connectivity index (χ3v) is 8.14. The molecule has 0 saturated carbocycles. The number of nitrogens with zero attached hydrogens (tertiary/aromatic N) is 5. The third-order valence-electron chi connectivity index (χ3n) is 8.14. The number of carbonyl (C=O) groups excluding carboxylic acids is 2. The average molecular weight is 588 g/mol. The molecule has 13 heteroatoms. The molecule has 218 valence electrons. The second-order valence-corrected chi connectivity index (χ2v) is 10.7. The van der Waals surface area contributed by atoms with Gasteiger partial charge in [0, 0.05) is 36.0 Å². The Morgan fingerprint density at radius 3 is 2.55 bits per heavy atom. The molecule has 7 rings (SSSR count). The number of hydrogen-bond donors (Lipinski definition) is 4. The molecule has 2 amide bonds. The van der Waals surface area contributed by atoms with Gasteiger partial charge in [-0.3, -0.25) is 24.3 Å². The summed E-state index contributed by atoms with van der Waals surface area (Å²) in [6.07, 6.45) is 7.66. The number of fused-ring (bicyclic) bond motifs is 2. The van der Waals surface area contributed by atoms with Crippen molar-refractivity contribution in [2.45, 2.75) is 32.4 Å². The summed E-state index contributed by atoms with van der Waals surface area (Å²) in [5.41, 5.74) is 9.76. The van der Waals surface area contributed by atoms with Gasteiger partial charge in [-0.2, -0.15) is 5.10 Å².